The molecule has 1 aromatic heterocycles. The number of guanidine groups is 1. The van der Waals surface area contributed by atoms with Crippen LogP contribution in [0.2, 0.25) is 0 Å². The maximum atomic E-state index is 13.5. The van der Waals surface area contributed by atoms with Gasteiger partial charge in [-0.15, -0.1) is 34.2 Å². The Hall–Kier alpha value is -1.78. The smallest absolute Gasteiger partial charge is 0.191 e. The number of rotatable bonds is 5. The SMILES string of the molecule is CCNC(=NCC1CCc2nnc(C)n2C1)NC(C)c1ccc(F)c(F)c1.I. The first-order chi connectivity index (χ1) is 13.0. The molecule has 0 amide bonds. The number of aryl methyl sites for hydroxylation is 2. The van der Waals surface area contributed by atoms with Gasteiger partial charge in [0.1, 0.15) is 11.6 Å². The number of aliphatic imine (C=N–C) groups is 1. The second kappa shape index (κ2) is 10.1. The Labute approximate surface area is 181 Å². The third-order valence-corrected chi connectivity index (χ3v) is 4.88. The minimum absolute atomic E-state index is 0. The van der Waals surface area contributed by atoms with Gasteiger partial charge in [-0.25, -0.2) is 8.78 Å². The lowest BCUT2D eigenvalue weighted by atomic mass is 9.99. The molecule has 1 aromatic carbocycles. The van der Waals surface area contributed by atoms with Gasteiger partial charge in [0.25, 0.3) is 0 Å². The fourth-order valence-corrected chi connectivity index (χ4v) is 3.29. The lowest BCUT2D eigenvalue weighted by Gasteiger charge is -2.23. The van der Waals surface area contributed by atoms with Crippen LogP contribution in [0.5, 0.6) is 0 Å². The minimum Gasteiger partial charge on any atom is -0.357 e. The second-order valence-electron chi connectivity index (χ2n) is 6.94. The molecule has 0 spiro atoms. The van der Waals surface area contributed by atoms with Crippen LogP contribution < -0.4 is 10.6 Å². The van der Waals surface area contributed by atoms with E-state index in [0.29, 0.717) is 24.0 Å². The van der Waals surface area contributed by atoms with E-state index in [1.54, 1.807) is 6.07 Å². The summed E-state index contributed by atoms with van der Waals surface area (Å²) in [5.74, 6) is 1.39. The Morgan fingerprint density at radius 2 is 2.11 bits per heavy atom. The molecule has 0 saturated heterocycles. The predicted octanol–water partition coefficient (Wildman–Crippen LogP) is 3.36. The fraction of sp³-hybridized carbons (Fsp3) is 0.526. The van der Waals surface area contributed by atoms with Gasteiger partial charge in [0, 0.05) is 26.1 Å². The number of hydrogen-bond donors (Lipinski definition) is 2. The molecule has 3 rings (SSSR count). The molecule has 2 aromatic rings. The summed E-state index contributed by atoms with van der Waals surface area (Å²) in [4.78, 5) is 4.70. The van der Waals surface area contributed by atoms with Crippen LogP contribution in [0.3, 0.4) is 0 Å². The highest BCUT2D eigenvalue weighted by Crippen LogP contribution is 2.20. The monoisotopic (exact) mass is 504 g/mol. The summed E-state index contributed by atoms with van der Waals surface area (Å²) >= 11 is 0. The summed E-state index contributed by atoms with van der Waals surface area (Å²) in [5, 5.41) is 14.8. The van der Waals surface area contributed by atoms with E-state index in [0.717, 1.165) is 43.6 Å². The van der Waals surface area contributed by atoms with Crippen molar-refractivity contribution in [1.82, 2.24) is 25.4 Å². The van der Waals surface area contributed by atoms with Gasteiger partial charge in [0.2, 0.25) is 0 Å². The first-order valence-corrected chi connectivity index (χ1v) is 9.36. The summed E-state index contributed by atoms with van der Waals surface area (Å²) in [6, 6.07) is 3.75. The van der Waals surface area contributed by atoms with Crippen LogP contribution in [0.1, 0.15) is 43.5 Å². The molecule has 28 heavy (non-hydrogen) atoms. The number of nitrogens with one attached hydrogen (secondary N) is 2. The van der Waals surface area contributed by atoms with Gasteiger partial charge in [-0.2, -0.15) is 0 Å². The molecule has 6 nitrogen and oxygen atoms in total. The van der Waals surface area contributed by atoms with E-state index in [4.69, 9.17) is 4.99 Å². The Morgan fingerprint density at radius 1 is 1.32 bits per heavy atom. The van der Waals surface area contributed by atoms with E-state index in [1.165, 1.54) is 6.07 Å². The van der Waals surface area contributed by atoms with Crippen LogP contribution in [0, 0.1) is 24.5 Å². The van der Waals surface area contributed by atoms with Crippen LogP contribution in [0.4, 0.5) is 8.78 Å². The molecule has 0 radical (unpaired) electrons. The highest BCUT2D eigenvalue weighted by atomic mass is 127. The third kappa shape index (κ3) is 5.39. The maximum Gasteiger partial charge on any atom is 0.191 e. The van der Waals surface area contributed by atoms with E-state index >= 15 is 0 Å². The molecule has 1 aliphatic rings. The van der Waals surface area contributed by atoms with Crippen molar-refractivity contribution < 1.29 is 8.78 Å². The van der Waals surface area contributed by atoms with Gasteiger partial charge in [0.15, 0.2) is 17.6 Å². The topological polar surface area (TPSA) is 67.1 Å². The molecule has 2 unspecified atom stereocenters. The van der Waals surface area contributed by atoms with Crippen molar-refractivity contribution in [2.24, 2.45) is 10.9 Å². The summed E-state index contributed by atoms with van der Waals surface area (Å²) in [7, 11) is 0. The molecule has 0 fully saturated rings. The number of fused-ring (bicyclic) bond motifs is 1. The van der Waals surface area contributed by atoms with E-state index in [9.17, 15) is 8.78 Å². The first-order valence-electron chi connectivity index (χ1n) is 9.36. The zero-order valence-electron chi connectivity index (χ0n) is 16.4. The molecule has 154 valence electrons. The molecule has 2 heterocycles. The van der Waals surface area contributed by atoms with Crippen molar-refractivity contribution in [2.75, 3.05) is 13.1 Å². The lowest BCUT2D eigenvalue weighted by Crippen LogP contribution is -2.39. The Morgan fingerprint density at radius 3 is 2.82 bits per heavy atom. The van der Waals surface area contributed by atoms with Gasteiger partial charge in [0.05, 0.1) is 6.04 Å². The highest BCUT2D eigenvalue weighted by molar-refractivity contribution is 14.0. The van der Waals surface area contributed by atoms with Crippen molar-refractivity contribution >= 4 is 29.9 Å². The highest BCUT2D eigenvalue weighted by Gasteiger charge is 2.21. The number of aromatic nitrogens is 3. The van der Waals surface area contributed by atoms with Crippen molar-refractivity contribution in [1.29, 1.82) is 0 Å². The van der Waals surface area contributed by atoms with Crippen molar-refractivity contribution in [3.05, 3.63) is 47.0 Å². The Balaban J connectivity index is 0.00000280. The van der Waals surface area contributed by atoms with E-state index < -0.39 is 11.6 Å². The van der Waals surface area contributed by atoms with Crippen LogP contribution in [-0.2, 0) is 13.0 Å². The zero-order chi connectivity index (χ0) is 19.4. The lowest BCUT2D eigenvalue weighted by molar-refractivity contribution is 0.369. The molecule has 0 saturated carbocycles. The third-order valence-electron chi connectivity index (χ3n) is 4.88. The number of benzene rings is 1. The molecule has 1 aliphatic heterocycles. The van der Waals surface area contributed by atoms with Gasteiger partial charge in [-0.1, -0.05) is 6.07 Å². The molecule has 0 aliphatic carbocycles. The number of nitrogens with zero attached hydrogens (tertiary/aromatic N) is 4. The van der Waals surface area contributed by atoms with Gasteiger partial charge in [-0.05, 0) is 50.8 Å². The van der Waals surface area contributed by atoms with Crippen molar-refractivity contribution in [3.8, 4) is 0 Å². The quantitative estimate of drug-likeness (QED) is 0.373. The normalized spacial score (nSPS) is 17.5. The summed E-state index contributed by atoms with van der Waals surface area (Å²) in [6.07, 6.45) is 1.94. The van der Waals surface area contributed by atoms with Gasteiger partial charge in [-0.3, -0.25) is 4.99 Å². The average Bonchev–Trinajstić information content (AvgIpc) is 3.02. The van der Waals surface area contributed by atoms with Crippen molar-refractivity contribution in [2.45, 2.75) is 46.2 Å². The van der Waals surface area contributed by atoms with E-state index in [2.05, 4.69) is 25.4 Å². The van der Waals surface area contributed by atoms with Crippen LogP contribution in [0.15, 0.2) is 23.2 Å². The van der Waals surface area contributed by atoms with E-state index in [1.807, 2.05) is 20.8 Å². The first kappa shape index (κ1) is 22.5. The Kier molecular flexibility index (Phi) is 8.14. The van der Waals surface area contributed by atoms with Gasteiger partial charge >= 0.3 is 0 Å². The molecule has 9 heteroatoms. The summed E-state index contributed by atoms with van der Waals surface area (Å²) in [5.41, 5.74) is 0.668. The summed E-state index contributed by atoms with van der Waals surface area (Å²) < 4.78 is 28.8. The number of hydrogen-bond acceptors (Lipinski definition) is 3. The van der Waals surface area contributed by atoms with Crippen LogP contribution >= 0.6 is 24.0 Å². The fourth-order valence-electron chi connectivity index (χ4n) is 3.29. The molecule has 2 N–H and O–H groups in total. The average molecular weight is 504 g/mol. The van der Waals surface area contributed by atoms with Crippen LogP contribution in [-0.4, -0.2) is 33.8 Å². The molecule has 2 atom stereocenters. The Bertz CT molecular complexity index is 823. The number of halogens is 3. The molecular formula is C19H27F2IN6. The van der Waals surface area contributed by atoms with Crippen molar-refractivity contribution in [3.63, 3.8) is 0 Å². The zero-order valence-corrected chi connectivity index (χ0v) is 18.7. The predicted molar refractivity (Wildman–Crippen MR) is 116 cm³/mol. The van der Waals surface area contributed by atoms with E-state index in [-0.39, 0.29) is 30.0 Å². The minimum atomic E-state index is -0.842. The maximum absolute atomic E-state index is 13.5. The summed E-state index contributed by atoms with van der Waals surface area (Å²) in [6.45, 7) is 8.12. The van der Waals surface area contributed by atoms with Gasteiger partial charge < -0.3 is 15.2 Å². The largest absolute Gasteiger partial charge is 0.357 e. The molecular weight excluding hydrogens is 477 g/mol. The van der Waals surface area contributed by atoms with Crippen LogP contribution in [0.25, 0.3) is 0 Å². The standard InChI is InChI=1S/C19H26F2N6.HI/c1-4-22-19(24-12(2)15-6-7-16(20)17(21)9-15)23-10-14-5-8-18-26-25-13(3)27(18)11-14;/h6-7,9,12,14H,4-5,8,10-11H2,1-3H3,(H2,22,23,24);1H. The second-order valence-corrected chi connectivity index (χ2v) is 6.94. The molecule has 0 bridgehead atoms.